The van der Waals surface area contributed by atoms with Crippen LogP contribution in [0.2, 0.25) is 0 Å². The number of nitrogens with two attached hydrogens (primary N) is 1. The van der Waals surface area contributed by atoms with Gasteiger partial charge in [0.05, 0.1) is 17.0 Å². The lowest BCUT2D eigenvalue weighted by atomic mass is 9.87. The highest BCUT2D eigenvalue weighted by Crippen LogP contribution is 2.24. The average molecular weight is 276 g/mol. The Balaban J connectivity index is 1.91. The smallest absolute Gasteiger partial charge is 0.252 e. The van der Waals surface area contributed by atoms with E-state index >= 15 is 0 Å². The molecule has 1 aliphatic rings. The Kier molecular flexibility index (Phi) is 5.00. The average Bonchev–Trinajstić information content (AvgIpc) is 2.88. The Hall–Kier alpha value is -1.31. The molecule has 1 aromatic rings. The number of nitrogens with one attached hydrogen (secondary N) is 1. The molecule has 1 aromatic heterocycles. The summed E-state index contributed by atoms with van der Waals surface area (Å²) >= 11 is 1.49. The molecule has 102 valence electrons. The van der Waals surface area contributed by atoms with Gasteiger partial charge in [0.2, 0.25) is 0 Å². The summed E-state index contributed by atoms with van der Waals surface area (Å²) < 4.78 is 0. The normalized spacial score (nSPS) is 22.4. The summed E-state index contributed by atoms with van der Waals surface area (Å²) in [4.78, 5) is 13.0. The van der Waals surface area contributed by atoms with Crippen LogP contribution in [0.4, 0.5) is 0 Å². The molecule has 4 heteroatoms. The highest BCUT2D eigenvalue weighted by Gasteiger charge is 2.20. The lowest BCUT2D eigenvalue weighted by Crippen LogP contribution is -2.37. The first-order chi connectivity index (χ1) is 9.19. The van der Waals surface area contributed by atoms with Crippen molar-refractivity contribution in [3.05, 3.63) is 21.9 Å². The SMILES string of the molecule is CC1CCC(NC(=O)c2csc(C#CCN)c2)CC1. The van der Waals surface area contributed by atoms with Gasteiger partial charge in [-0.05, 0) is 37.7 Å². The fourth-order valence-electron chi connectivity index (χ4n) is 2.33. The maximum absolute atomic E-state index is 12.1. The molecule has 0 spiro atoms. The number of hydrogen-bond donors (Lipinski definition) is 2. The third-order valence-corrected chi connectivity index (χ3v) is 4.37. The van der Waals surface area contributed by atoms with Crippen molar-refractivity contribution >= 4 is 17.2 Å². The number of amides is 1. The zero-order chi connectivity index (χ0) is 13.7. The quantitative estimate of drug-likeness (QED) is 0.815. The number of carbonyl (C=O) groups excluding carboxylic acids is 1. The van der Waals surface area contributed by atoms with Crippen LogP contribution in [-0.4, -0.2) is 18.5 Å². The Bertz CT molecular complexity index is 490. The van der Waals surface area contributed by atoms with Crippen LogP contribution in [0.5, 0.6) is 0 Å². The number of hydrogen-bond acceptors (Lipinski definition) is 3. The molecular formula is C15H20N2OS. The van der Waals surface area contributed by atoms with Crippen LogP contribution in [0.15, 0.2) is 11.4 Å². The maximum atomic E-state index is 12.1. The van der Waals surface area contributed by atoms with Gasteiger partial charge in [0.1, 0.15) is 0 Å². The van der Waals surface area contributed by atoms with Crippen molar-refractivity contribution in [3.8, 4) is 11.8 Å². The van der Waals surface area contributed by atoms with Gasteiger partial charge in [-0.25, -0.2) is 0 Å². The Labute approximate surface area is 118 Å². The van der Waals surface area contributed by atoms with E-state index in [1.54, 1.807) is 0 Å². The standard InChI is InChI=1S/C15H20N2OS/c1-11-4-6-13(7-5-11)17-15(18)12-9-14(19-10-12)3-2-8-16/h9-11,13H,4-8,16H2,1H3,(H,17,18). The number of thiophene rings is 1. The molecule has 0 atom stereocenters. The molecule has 3 N–H and O–H groups in total. The van der Waals surface area contributed by atoms with Crippen molar-refractivity contribution < 1.29 is 4.79 Å². The van der Waals surface area contributed by atoms with Crippen LogP contribution in [0.1, 0.15) is 47.8 Å². The minimum atomic E-state index is 0.0246. The number of rotatable bonds is 2. The second-order valence-electron chi connectivity index (χ2n) is 5.14. The molecule has 2 rings (SSSR count). The van der Waals surface area contributed by atoms with E-state index in [1.165, 1.54) is 24.2 Å². The lowest BCUT2D eigenvalue weighted by Gasteiger charge is -2.26. The fraction of sp³-hybridized carbons (Fsp3) is 0.533. The molecule has 0 bridgehead atoms. The first-order valence-corrected chi connectivity index (χ1v) is 7.65. The van der Waals surface area contributed by atoms with Gasteiger partial charge in [0.25, 0.3) is 5.91 Å². The molecular weight excluding hydrogens is 256 g/mol. The highest BCUT2D eigenvalue weighted by molar-refractivity contribution is 7.10. The summed E-state index contributed by atoms with van der Waals surface area (Å²) in [6, 6.07) is 2.18. The van der Waals surface area contributed by atoms with Gasteiger partial charge in [-0.3, -0.25) is 4.79 Å². The molecule has 1 fully saturated rings. The lowest BCUT2D eigenvalue weighted by molar-refractivity contribution is 0.0923. The first-order valence-electron chi connectivity index (χ1n) is 6.77. The van der Waals surface area contributed by atoms with E-state index in [-0.39, 0.29) is 5.91 Å². The van der Waals surface area contributed by atoms with Crippen molar-refractivity contribution in [1.82, 2.24) is 5.32 Å². The summed E-state index contributed by atoms with van der Waals surface area (Å²) in [5.74, 6) is 6.58. The van der Waals surface area contributed by atoms with E-state index in [2.05, 4.69) is 24.1 Å². The first kappa shape index (κ1) is 14.1. The zero-order valence-electron chi connectivity index (χ0n) is 11.2. The van der Waals surface area contributed by atoms with Crippen LogP contribution in [-0.2, 0) is 0 Å². The van der Waals surface area contributed by atoms with Crippen molar-refractivity contribution in [2.45, 2.75) is 38.6 Å². The van der Waals surface area contributed by atoms with E-state index in [0.29, 0.717) is 18.2 Å². The molecule has 0 unspecified atom stereocenters. The topological polar surface area (TPSA) is 55.1 Å². The van der Waals surface area contributed by atoms with Gasteiger partial charge >= 0.3 is 0 Å². The van der Waals surface area contributed by atoms with Crippen molar-refractivity contribution in [2.75, 3.05) is 6.54 Å². The van der Waals surface area contributed by atoms with Crippen LogP contribution in [0.3, 0.4) is 0 Å². The molecule has 1 aliphatic carbocycles. The van der Waals surface area contributed by atoms with Gasteiger partial charge < -0.3 is 11.1 Å². The zero-order valence-corrected chi connectivity index (χ0v) is 12.1. The van der Waals surface area contributed by atoms with E-state index < -0.39 is 0 Å². The Morgan fingerprint density at radius 3 is 2.89 bits per heavy atom. The molecule has 0 radical (unpaired) electrons. The second kappa shape index (κ2) is 6.74. The van der Waals surface area contributed by atoms with Gasteiger partial charge in [-0.1, -0.05) is 18.8 Å². The monoisotopic (exact) mass is 276 g/mol. The molecule has 1 amide bonds. The third kappa shape index (κ3) is 4.09. The van der Waals surface area contributed by atoms with E-state index in [1.807, 2.05) is 11.4 Å². The van der Waals surface area contributed by atoms with Crippen LogP contribution < -0.4 is 11.1 Å². The Morgan fingerprint density at radius 1 is 1.47 bits per heavy atom. The van der Waals surface area contributed by atoms with Gasteiger partial charge in [-0.15, -0.1) is 11.3 Å². The molecule has 1 heterocycles. The Morgan fingerprint density at radius 2 is 2.21 bits per heavy atom. The minimum absolute atomic E-state index is 0.0246. The molecule has 0 aliphatic heterocycles. The largest absolute Gasteiger partial charge is 0.349 e. The minimum Gasteiger partial charge on any atom is -0.349 e. The summed E-state index contributed by atoms with van der Waals surface area (Å²) in [5, 5.41) is 4.98. The second-order valence-corrected chi connectivity index (χ2v) is 6.05. The highest BCUT2D eigenvalue weighted by atomic mass is 32.1. The maximum Gasteiger partial charge on any atom is 0.252 e. The predicted octanol–water partition coefficient (Wildman–Crippen LogP) is 2.37. The van der Waals surface area contributed by atoms with Gasteiger partial charge in [-0.2, -0.15) is 0 Å². The van der Waals surface area contributed by atoms with Gasteiger partial charge in [0.15, 0.2) is 0 Å². The van der Waals surface area contributed by atoms with Crippen molar-refractivity contribution in [3.63, 3.8) is 0 Å². The molecule has 19 heavy (non-hydrogen) atoms. The van der Waals surface area contributed by atoms with Crippen LogP contribution >= 0.6 is 11.3 Å². The van der Waals surface area contributed by atoms with Gasteiger partial charge in [0, 0.05) is 11.4 Å². The van der Waals surface area contributed by atoms with Crippen LogP contribution in [0.25, 0.3) is 0 Å². The summed E-state index contributed by atoms with van der Waals surface area (Å²) in [6.07, 6.45) is 4.61. The molecule has 0 saturated heterocycles. The molecule has 3 nitrogen and oxygen atoms in total. The fourth-order valence-corrected chi connectivity index (χ4v) is 3.09. The van der Waals surface area contributed by atoms with Crippen LogP contribution in [0, 0.1) is 17.8 Å². The summed E-state index contributed by atoms with van der Waals surface area (Å²) in [7, 11) is 0. The predicted molar refractivity (Wildman–Crippen MR) is 79.1 cm³/mol. The van der Waals surface area contributed by atoms with Crippen molar-refractivity contribution in [1.29, 1.82) is 0 Å². The summed E-state index contributed by atoms with van der Waals surface area (Å²) in [5.41, 5.74) is 6.04. The van der Waals surface area contributed by atoms with E-state index in [9.17, 15) is 4.79 Å². The molecule has 0 aromatic carbocycles. The molecule has 1 saturated carbocycles. The van der Waals surface area contributed by atoms with E-state index in [0.717, 1.165) is 23.6 Å². The van der Waals surface area contributed by atoms with Crippen molar-refractivity contribution in [2.24, 2.45) is 11.7 Å². The number of carbonyl (C=O) groups is 1. The summed E-state index contributed by atoms with van der Waals surface area (Å²) in [6.45, 7) is 2.62. The third-order valence-electron chi connectivity index (χ3n) is 3.53. The van der Waals surface area contributed by atoms with E-state index in [4.69, 9.17) is 5.73 Å².